The maximum absolute atomic E-state index is 12.4. The quantitative estimate of drug-likeness (QED) is 0.603. The predicted molar refractivity (Wildman–Crippen MR) is 75.4 cm³/mol. The van der Waals surface area contributed by atoms with Crippen LogP contribution in [0.15, 0.2) is 13.6 Å². The summed E-state index contributed by atoms with van der Waals surface area (Å²) < 4.78 is 26.1. The molecule has 0 aliphatic heterocycles. The average Bonchev–Trinajstić information content (AvgIpc) is 2.55. The summed E-state index contributed by atoms with van der Waals surface area (Å²) in [6, 6.07) is 1.63. The molecule has 1 aromatic rings. The van der Waals surface area contributed by atoms with E-state index in [1.165, 1.54) is 11.3 Å². The molecule has 0 aromatic carbocycles. The normalized spacial score (nSPS) is 10.9. The van der Waals surface area contributed by atoms with Crippen molar-refractivity contribution in [3.05, 3.63) is 19.2 Å². The van der Waals surface area contributed by atoms with Crippen LogP contribution in [-0.2, 0) is 0 Å². The fourth-order valence-corrected chi connectivity index (χ4v) is 4.41. The van der Waals surface area contributed by atoms with E-state index in [1.54, 1.807) is 6.07 Å². The van der Waals surface area contributed by atoms with Gasteiger partial charge in [-0.15, -0.1) is 11.3 Å². The molecule has 0 aliphatic carbocycles. The van der Waals surface area contributed by atoms with Gasteiger partial charge < -0.3 is 4.90 Å². The lowest BCUT2D eigenvalue weighted by atomic mass is 10.3. The van der Waals surface area contributed by atoms with Gasteiger partial charge in [-0.05, 0) is 37.9 Å². The number of rotatable bonds is 5. The molecule has 1 heterocycles. The van der Waals surface area contributed by atoms with E-state index in [0.717, 1.165) is 8.69 Å². The van der Waals surface area contributed by atoms with E-state index in [2.05, 4.69) is 47.8 Å². The van der Waals surface area contributed by atoms with Crippen LogP contribution < -0.4 is 0 Å². The number of carbonyl (C=O) groups excluding carboxylic acids is 1. The van der Waals surface area contributed by atoms with Crippen molar-refractivity contribution < 1.29 is 13.6 Å². The molecule has 2 nitrogen and oxygen atoms in total. The topological polar surface area (TPSA) is 20.3 Å². The molecule has 0 aliphatic rings. The molecule has 0 saturated heterocycles. The van der Waals surface area contributed by atoms with E-state index >= 15 is 0 Å². The lowest BCUT2D eigenvalue weighted by Crippen LogP contribution is -2.36. The Bertz CT molecular complexity index is 400. The van der Waals surface area contributed by atoms with Crippen molar-refractivity contribution in [1.82, 2.24) is 4.90 Å². The zero-order chi connectivity index (χ0) is 13.0. The molecular formula is C9H8Br3F2NOS. The molecule has 0 spiro atoms. The third-order valence-electron chi connectivity index (χ3n) is 1.89. The maximum Gasteiger partial charge on any atom is 0.256 e. The number of carbonyl (C=O) groups is 1. The van der Waals surface area contributed by atoms with Gasteiger partial charge >= 0.3 is 0 Å². The summed E-state index contributed by atoms with van der Waals surface area (Å²) in [4.78, 5) is 13.2. The second-order valence-electron chi connectivity index (χ2n) is 3.07. The van der Waals surface area contributed by atoms with Gasteiger partial charge in [0.2, 0.25) is 0 Å². The fourth-order valence-electron chi connectivity index (χ4n) is 1.20. The first-order chi connectivity index (χ1) is 7.95. The Morgan fingerprint density at radius 3 is 2.53 bits per heavy atom. The summed E-state index contributed by atoms with van der Waals surface area (Å²) in [6.45, 7) is -0.298. The van der Waals surface area contributed by atoms with Gasteiger partial charge in [-0.25, -0.2) is 8.78 Å². The summed E-state index contributed by atoms with van der Waals surface area (Å²) >= 11 is 11.0. The highest BCUT2D eigenvalue weighted by Gasteiger charge is 2.22. The first-order valence-corrected chi connectivity index (χ1v) is 8.06. The van der Waals surface area contributed by atoms with Crippen LogP contribution in [0.3, 0.4) is 0 Å². The van der Waals surface area contributed by atoms with E-state index in [4.69, 9.17) is 0 Å². The average molecular weight is 456 g/mol. The van der Waals surface area contributed by atoms with Gasteiger partial charge in [-0.1, -0.05) is 15.9 Å². The molecule has 1 rings (SSSR count). The van der Waals surface area contributed by atoms with Gasteiger partial charge in [0.1, 0.15) is 0 Å². The minimum atomic E-state index is -2.53. The number of nitrogens with zero attached hydrogens (tertiary/aromatic N) is 1. The van der Waals surface area contributed by atoms with Gasteiger partial charge in [0.05, 0.1) is 19.7 Å². The Labute approximate surface area is 127 Å². The summed E-state index contributed by atoms with van der Waals surface area (Å²) in [7, 11) is 0. The standard InChI is InChI=1S/C9H8Br3F2NOS/c10-1-2-15(4-7(13)14)9(16)5-3-6(11)17-8(5)12/h3,7H,1-2,4H2. The van der Waals surface area contributed by atoms with Gasteiger partial charge in [0.25, 0.3) is 12.3 Å². The van der Waals surface area contributed by atoms with Crippen molar-refractivity contribution in [3.8, 4) is 0 Å². The van der Waals surface area contributed by atoms with Crippen LogP contribution in [0.5, 0.6) is 0 Å². The Hall–Kier alpha value is 0.470. The minimum absolute atomic E-state index is 0.253. The van der Waals surface area contributed by atoms with E-state index < -0.39 is 18.9 Å². The maximum atomic E-state index is 12.4. The molecule has 0 radical (unpaired) electrons. The fraction of sp³-hybridized carbons (Fsp3) is 0.444. The smallest absolute Gasteiger partial charge is 0.256 e. The van der Waals surface area contributed by atoms with Crippen LogP contribution in [0.1, 0.15) is 10.4 Å². The molecule has 96 valence electrons. The third kappa shape index (κ3) is 4.57. The molecule has 0 fully saturated rings. The lowest BCUT2D eigenvalue weighted by molar-refractivity contribution is 0.0572. The van der Waals surface area contributed by atoms with E-state index in [-0.39, 0.29) is 6.54 Å². The molecule has 0 bridgehead atoms. The second kappa shape index (κ2) is 7.16. The van der Waals surface area contributed by atoms with E-state index in [0.29, 0.717) is 14.7 Å². The van der Waals surface area contributed by atoms with Crippen LogP contribution >= 0.6 is 59.1 Å². The van der Waals surface area contributed by atoms with Crippen LogP contribution in [0.4, 0.5) is 8.78 Å². The first kappa shape index (κ1) is 15.5. The van der Waals surface area contributed by atoms with Crippen LogP contribution in [-0.4, -0.2) is 35.7 Å². The third-order valence-corrected chi connectivity index (χ3v) is 4.58. The van der Waals surface area contributed by atoms with E-state index in [1.807, 2.05) is 0 Å². The molecule has 0 unspecified atom stereocenters. The van der Waals surface area contributed by atoms with Gasteiger partial charge in [0.15, 0.2) is 0 Å². The molecule has 1 amide bonds. The number of halogens is 5. The Morgan fingerprint density at radius 2 is 2.12 bits per heavy atom. The molecule has 0 N–H and O–H groups in total. The van der Waals surface area contributed by atoms with Gasteiger partial charge in [-0.3, -0.25) is 4.79 Å². The van der Waals surface area contributed by atoms with Crippen molar-refractivity contribution in [2.24, 2.45) is 0 Å². The molecule has 8 heteroatoms. The van der Waals surface area contributed by atoms with Crippen molar-refractivity contribution in [3.63, 3.8) is 0 Å². The molecule has 17 heavy (non-hydrogen) atoms. The SMILES string of the molecule is O=C(c1cc(Br)sc1Br)N(CCBr)CC(F)F. The lowest BCUT2D eigenvalue weighted by Gasteiger charge is -2.20. The number of hydrogen-bond acceptors (Lipinski definition) is 2. The van der Waals surface area contributed by atoms with Gasteiger partial charge in [0, 0.05) is 11.9 Å². The van der Waals surface area contributed by atoms with Crippen LogP contribution in [0, 0.1) is 0 Å². The Balaban J connectivity index is 2.87. The minimum Gasteiger partial charge on any atom is -0.332 e. The monoisotopic (exact) mass is 453 g/mol. The highest BCUT2D eigenvalue weighted by atomic mass is 79.9. The summed E-state index contributed by atoms with van der Waals surface area (Å²) in [5.41, 5.74) is 0.406. The predicted octanol–water partition coefficient (Wildman–Crippen LogP) is 4.38. The van der Waals surface area contributed by atoms with Gasteiger partial charge in [-0.2, -0.15) is 0 Å². The first-order valence-electron chi connectivity index (χ1n) is 4.54. The largest absolute Gasteiger partial charge is 0.332 e. The van der Waals surface area contributed by atoms with Crippen LogP contribution in [0.2, 0.25) is 0 Å². The van der Waals surface area contributed by atoms with Crippen molar-refractivity contribution in [1.29, 1.82) is 0 Å². The van der Waals surface area contributed by atoms with Crippen molar-refractivity contribution in [2.75, 3.05) is 18.4 Å². The summed E-state index contributed by atoms with van der Waals surface area (Å²) in [6.07, 6.45) is -2.53. The van der Waals surface area contributed by atoms with Crippen molar-refractivity contribution in [2.45, 2.75) is 6.43 Å². The number of thiophene rings is 1. The zero-order valence-electron chi connectivity index (χ0n) is 8.43. The van der Waals surface area contributed by atoms with Crippen LogP contribution in [0.25, 0.3) is 0 Å². The van der Waals surface area contributed by atoms with E-state index in [9.17, 15) is 13.6 Å². The Morgan fingerprint density at radius 1 is 1.47 bits per heavy atom. The van der Waals surface area contributed by atoms with Crippen molar-refractivity contribution >= 4 is 65.0 Å². The summed E-state index contributed by atoms with van der Waals surface area (Å²) in [5.74, 6) is -0.390. The number of hydrogen-bond donors (Lipinski definition) is 0. The molecule has 1 aromatic heterocycles. The molecule has 0 saturated carbocycles. The molecule has 0 atom stereocenters. The second-order valence-corrected chi connectivity index (χ2v) is 7.61. The highest BCUT2D eigenvalue weighted by molar-refractivity contribution is 9.12. The summed E-state index contributed by atoms with van der Waals surface area (Å²) in [5, 5.41) is 0.467. The number of amides is 1. The Kier molecular flexibility index (Phi) is 6.54. The molecular weight excluding hydrogens is 448 g/mol. The highest BCUT2D eigenvalue weighted by Crippen LogP contribution is 2.32. The number of alkyl halides is 3. The zero-order valence-corrected chi connectivity index (χ0v) is 14.0.